The number of rotatable bonds is 0. The summed E-state index contributed by atoms with van der Waals surface area (Å²) in [4.78, 5) is 0. The molecule has 0 amide bonds. The summed E-state index contributed by atoms with van der Waals surface area (Å²) >= 11 is 0. The lowest BCUT2D eigenvalue weighted by molar-refractivity contribution is -0.109. The van der Waals surface area contributed by atoms with Crippen LogP contribution in [0.3, 0.4) is 0 Å². The number of alkyl halides is 12. The van der Waals surface area contributed by atoms with Crippen LogP contribution in [0.4, 0.5) is 52.7 Å². The van der Waals surface area contributed by atoms with Crippen LogP contribution in [0.5, 0.6) is 0 Å². The van der Waals surface area contributed by atoms with Gasteiger partial charge in [-0.2, -0.15) is 52.7 Å². The molecular formula is C10H4F12Si. The van der Waals surface area contributed by atoms with E-state index >= 15 is 0 Å². The summed E-state index contributed by atoms with van der Waals surface area (Å²) in [6.45, 7) is 0. The third kappa shape index (κ3) is 3.75. The van der Waals surface area contributed by atoms with Crippen molar-refractivity contribution in [3.05, 3.63) is 34.7 Å². The molecule has 1 heterocycles. The van der Waals surface area contributed by atoms with Crippen molar-refractivity contribution < 1.29 is 52.7 Å². The van der Waals surface area contributed by atoms with E-state index in [1.54, 1.807) is 0 Å². The lowest BCUT2D eigenvalue weighted by Crippen LogP contribution is -2.60. The number of allylic oxidation sites excluding steroid dienone is 4. The minimum absolute atomic E-state index is 0.453. The van der Waals surface area contributed by atoms with Gasteiger partial charge in [0.05, 0.1) is 0 Å². The Morgan fingerprint density at radius 3 is 0.957 bits per heavy atom. The Morgan fingerprint density at radius 1 is 0.522 bits per heavy atom. The fraction of sp³-hybridized carbons (Fsp3) is 0.400. The molecule has 13 heteroatoms. The lowest BCUT2D eigenvalue weighted by Gasteiger charge is -2.30. The van der Waals surface area contributed by atoms with E-state index in [0.29, 0.717) is 0 Å². The fourth-order valence-electron chi connectivity index (χ4n) is 1.65. The molecule has 0 aromatic carbocycles. The summed E-state index contributed by atoms with van der Waals surface area (Å²) in [7, 11) is -7.31. The normalized spacial score (nSPS) is 20.0. The molecule has 0 spiro atoms. The highest BCUT2D eigenvalue weighted by molar-refractivity contribution is 6.92. The second kappa shape index (κ2) is 5.31. The summed E-state index contributed by atoms with van der Waals surface area (Å²) in [6.07, 6.45) is -12.3. The van der Waals surface area contributed by atoms with Gasteiger partial charge < -0.3 is 0 Å². The summed E-state index contributed by atoms with van der Waals surface area (Å²) < 4.78 is 152. The zero-order chi connectivity index (χ0) is 18.5. The predicted molar refractivity (Wildman–Crippen MR) is 55.3 cm³/mol. The van der Waals surface area contributed by atoms with E-state index in [0.717, 1.165) is 0 Å². The predicted octanol–water partition coefficient (Wildman–Crippen LogP) is 5.26. The number of hydrogen-bond donors (Lipinski definition) is 0. The van der Waals surface area contributed by atoms with E-state index in [4.69, 9.17) is 0 Å². The first-order chi connectivity index (χ1) is 9.92. The Hall–Kier alpha value is -1.40. The summed E-state index contributed by atoms with van der Waals surface area (Å²) in [5.74, 6) is -12.7. The molecule has 0 atom stereocenters. The van der Waals surface area contributed by atoms with Crippen molar-refractivity contribution in [1.29, 1.82) is 0 Å². The molecule has 0 fully saturated rings. The van der Waals surface area contributed by atoms with Gasteiger partial charge in [-0.3, -0.25) is 0 Å². The molecule has 0 N–H and O–H groups in total. The molecule has 0 bridgehead atoms. The first-order valence-electron chi connectivity index (χ1n) is 5.33. The molecule has 1 aliphatic heterocycles. The average molecular weight is 380 g/mol. The molecule has 0 saturated carbocycles. The van der Waals surface area contributed by atoms with E-state index < -0.39 is 66.7 Å². The van der Waals surface area contributed by atoms with Crippen LogP contribution in [0.15, 0.2) is 34.7 Å². The van der Waals surface area contributed by atoms with Gasteiger partial charge in [-0.1, -0.05) is 23.6 Å². The Kier molecular flexibility index (Phi) is 4.53. The summed E-state index contributed by atoms with van der Waals surface area (Å²) in [5.41, 5.74) is -7.20. The third-order valence-electron chi connectivity index (χ3n) is 2.80. The van der Waals surface area contributed by atoms with Crippen LogP contribution in [0, 0.1) is 0 Å². The Bertz CT molecular complexity index is 500. The Morgan fingerprint density at radius 2 is 0.783 bits per heavy atom. The molecule has 1 rings (SSSR count). The molecule has 0 unspecified atom stereocenters. The molecule has 132 valence electrons. The van der Waals surface area contributed by atoms with Crippen LogP contribution in [0.25, 0.3) is 0 Å². The number of hydrogen-bond acceptors (Lipinski definition) is 0. The van der Waals surface area contributed by atoms with Crippen LogP contribution in [-0.2, 0) is 0 Å². The van der Waals surface area contributed by atoms with E-state index in [1.165, 1.54) is 0 Å². The van der Waals surface area contributed by atoms with Crippen molar-refractivity contribution in [2.24, 2.45) is 0 Å². The topological polar surface area (TPSA) is 0 Å². The lowest BCUT2D eigenvalue weighted by atomic mass is 10.2. The maximum atomic E-state index is 12.9. The van der Waals surface area contributed by atoms with Crippen LogP contribution in [0.1, 0.15) is 0 Å². The molecule has 0 aromatic heterocycles. The van der Waals surface area contributed by atoms with Crippen LogP contribution >= 0.6 is 0 Å². The third-order valence-corrected chi connectivity index (χ3v) is 6.21. The highest BCUT2D eigenvalue weighted by Gasteiger charge is 2.73. The second-order valence-corrected chi connectivity index (χ2v) is 7.84. The van der Waals surface area contributed by atoms with Crippen molar-refractivity contribution in [1.82, 2.24) is 0 Å². The highest BCUT2D eigenvalue weighted by atomic mass is 28.3. The van der Waals surface area contributed by atoms with Crippen molar-refractivity contribution in [2.45, 2.75) is 24.0 Å². The van der Waals surface area contributed by atoms with Gasteiger partial charge in [0.25, 0.3) is 0 Å². The van der Waals surface area contributed by atoms with E-state index in [1.807, 2.05) is 0 Å². The van der Waals surface area contributed by atoms with Crippen LogP contribution in [0.2, 0.25) is 0 Å². The van der Waals surface area contributed by atoms with Gasteiger partial charge in [-0.05, 0) is 0 Å². The van der Waals surface area contributed by atoms with Gasteiger partial charge in [-0.25, -0.2) is 0 Å². The summed E-state index contributed by atoms with van der Waals surface area (Å²) in [6, 6.07) is 0. The molecule has 1 aliphatic rings. The van der Waals surface area contributed by atoms with Gasteiger partial charge in [0, 0.05) is 11.1 Å². The molecule has 0 nitrogen and oxygen atoms in total. The monoisotopic (exact) mass is 380 g/mol. The average Bonchev–Trinajstić information content (AvgIpc) is 2.45. The maximum Gasteiger partial charge on any atom is 0.415 e. The van der Waals surface area contributed by atoms with Gasteiger partial charge in [0.1, 0.15) is 0 Å². The van der Waals surface area contributed by atoms with Crippen LogP contribution in [-0.4, -0.2) is 32.0 Å². The maximum absolute atomic E-state index is 12.9. The largest absolute Gasteiger partial charge is 0.415 e. The van der Waals surface area contributed by atoms with Gasteiger partial charge in [-0.15, -0.1) is 0 Å². The molecule has 0 aliphatic carbocycles. The highest BCUT2D eigenvalue weighted by Crippen LogP contribution is 2.48. The number of halogens is 12. The molecule has 0 aromatic rings. The standard InChI is InChI=1S/C10H4F12Si/c11-7(12,13)5-1-2-6(8(14,15)16)4-23(3-5,9(17,18)19)10(20,21)22/h1-4H. The van der Waals surface area contributed by atoms with Gasteiger partial charge in [0.15, 0.2) is 0 Å². The smallest absolute Gasteiger partial charge is 0.175 e. The Labute approximate surface area is 120 Å². The quantitative estimate of drug-likeness (QED) is 0.397. The molecule has 0 radical (unpaired) electrons. The fourth-order valence-corrected chi connectivity index (χ4v) is 4.21. The van der Waals surface area contributed by atoms with Crippen molar-refractivity contribution in [3.63, 3.8) is 0 Å². The zero-order valence-corrected chi connectivity index (χ0v) is 11.3. The van der Waals surface area contributed by atoms with E-state index in [-0.39, 0.29) is 0 Å². The summed E-state index contributed by atoms with van der Waals surface area (Å²) in [5, 5.41) is 0. The molecule has 0 saturated heterocycles. The van der Waals surface area contributed by atoms with Gasteiger partial charge in [0.2, 0.25) is 0 Å². The van der Waals surface area contributed by atoms with Crippen molar-refractivity contribution in [2.75, 3.05) is 0 Å². The van der Waals surface area contributed by atoms with Crippen LogP contribution < -0.4 is 0 Å². The minimum atomic E-state index is -7.31. The van der Waals surface area contributed by atoms with E-state index in [2.05, 4.69) is 0 Å². The van der Waals surface area contributed by atoms with Gasteiger partial charge >= 0.3 is 32.0 Å². The van der Waals surface area contributed by atoms with Crippen molar-refractivity contribution >= 4 is 8.07 Å². The SMILES string of the molecule is FC(F)(F)C1=C[Si](C(F)(F)F)(C(F)(F)F)C=C(C(F)(F)F)C=C1. The second-order valence-electron chi connectivity index (χ2n) is 4.39. The Balaban J connectivity index is 3.85. The zero-order valence-electron chi connectivity index (χ0n) is 10.3. The minimum Gasteiger partial charge on any atom is -0.175 e. The first-order valence-corrected chi connectivity index (χ1v) is 7.49. The van der Waals surface area contributed by atoms with E-state index in [9.17, 15) is 52.7 Å². The molecule has 23 heavy (non-hydrogen) atoms. The van der Waals surface area contributed by atoms with Crippen molar-refractivity contribution in [3.8, 4) is 0 Å². The molecular weight excluding hydrogens is 376 g/mol. The first kappa shape index (κ1) is 19.6.